The van der Waals surface area contributed by atoms with Crippen LogP contribution >= 0.6 is 0 Å². The zero-order chi connectivity index (χ0) is 24.6. The highest BCUT2D eigenvalue weighted by molar-refractivity contribution is 5.94. The molecule has 0 aliphatic carbocycles. The van der Waals surface area contributed by atoms with Crippen molar-refractivity contribution in [2.75, 3.05) is 6.67 Å². The van der Waals surface area contributed by atoms with Crippen LogP contribution in [0.1, 0.15) is 65.7 Å². The summed E-state index contributed by atoms with van der Waals surface area (Å²) in [6.07, 6.45) is 0.387. The second-order valence-corrected chi connectivity index (χ2v) is 8.56. The molecular formula is C23H35F5N4O. The van der Waals surface area contributed by atoms with Gasteiger partial charge in [-0.1, -0.05) is 37.1 Å². The Morgan fingerprint density at radius 3 is 2.61 bits per heavy atom. The number of alkyl halides is 5. The molecule has 0 saturated carbocycles. The Bertz CT molecular complexity index is 748. The number of amides is 1. The van der Waals surface area contributed by atoms with E-state index in [9.17, 15) is 26.7 Å². The lowest BCUT2D eigenvalue weighted by Crippen LogP contribution is -2.56. The maximum absolute atomic E-state index is 14.1. The fourth-order valence-electron chi connectivity index (χ4n) is 4.05. The molecule has 3 N–H and O–H groups in total. The molecule has 1 amide bonds. The first-order valence-corrected chi connectivity index (χ1v) is 11.5. The zero-order valence-electron chi connectivity index (χ0n) is 19.4. The average Bonchev–Trinajstić information content (AvgIpc) is 3.15. The number of allylic oxidation sites excluding steroid dienone is 4. The second-order valence-electron chi connectivity index (χ2n) is 8.56. The standard InChI is InChI=1S/C23H35F5N4O/c1-4-5-8-17(9-6-13-23(26,27)28)11-12-19-15(2)21(33)32-22(29-19)30-20(31-32)18(16(3)25)10-7-14-24/h7-8,10,16,18,20,22,29-31H,4-6,9,11-14H2,1-3H3/b10-7-,17-8+. The lowest BCUT2D eigenvalue weighted by atomic mass is 9.98. The van der Waals surface area contributed by atoms with Gasteiger partial charge in [-0.05, 0) is 46.0 Å². The number of hydrogen-bond acceptors (Lipinski definition) is 4. The van der Waals surface area contributed by atoms with E-state index >= 15 is 0 Å². The minimum absolute atomic E-state index is 0.0438. The molecule has 2 heterocycles. The third kappa shape index (κ3) is 8.10. The lowest BCUT2D eigenvalue weighted by Gasteiger charge is -2.32. The van der Waals surface area contributed by atoms with E-state index in [1.807, 2.05) is 13.0 Å². The van der Waals surface area contributed by atoms with Crippen LogP contribution in [0.3, 0.4) is 0 Å². The van der Waals surface area contributed by atoms with Crippen LogP contribution in [0.5, 0.6) is 0 Å². The molecule has 1 saturated heterocycles. The Morgan fingerprint density at radius 2 is 2.00 bits per heavy atom. The SMILES string of the molecule is CCC/C=C(\CCCC(F)(F)F)CCC1=C(C)C(=O)N2NC(C(/C=C\CF)C(C)F)NC2N1. The molecule has 2 aliphatic rings. The van der Waals surface area contributed by atoms with E-state index < -0.39 is 43.8 Å². The Hall–Kier alpha value is -1.94. The molecule has 5 nitrogen and oxygen atoms in total. The molecule has 0 aromatic heterocycles. The molecule has 10 heteroatoms. The second kappa shape index (κ2) is 12.5. The van der Waals surface area contributed by atoms with Crippen LogP contribution in [0, 0.1) is 5.92 Å². The van der Waals surface area contributed by atoms with Crippen LogP contribution in [-0.2, 0) is 4.79 Å². The number of nitrogens with zero attached hydrogens (tertiary/aromatic N) is 1. The number of carbonyl (C=O) groups is 1. The molecule has 188 valence electrons. The smallest absolute Gasteiger partial charge is 0.355 e. The van der Waals surface area contributed by atoms with Crippen molar-refractivity contribution >= 4 is 5.91 Å². The Balaban J connectivity index is 2.03. The minimum Gasteiger partial charge on any atom is -0.355 e. The summed E-state index contributed by atoms with van der Waals surface area (Å²) in [4.78, 5) is 12.9. The number of rotatable bonds is 12. The van der Waals surface area contributed by atoms with Crippen molar-refractivity contribution in [1.82, 2.24) is 21.1 Å². The molecule has 2 rings (SSSR count). The fourth-order valence-corrected chi connectivity index (χ4v) is 4.05. The van der Waals surface area contributed by atoms with Gasteiger partial charge >= 0.3 is 6.18 Å². The van der Waals surface area contributed by atoms with E-state index in [0.29, 0.717) is 30.5 Å². The Labute approximate surface area is 192 Å². The summed E-state index contributed by atoms with van der Waals surface area (Å²) in [5.74, 6) is -0.943. The van der Waals surface area contributed by atoms with Crippen LogP contribution in [0.25, 0.3) is 0 Å². The van der Waals surface area contributed by atoms with Crippen LogP contribution < -0.4 is 16.1 Å². The van der Waals surface area contributed by atoms with Crippen molar-refractivity contribution in [3.05, 3.63) is 35.1 Å². The average molecular weight is 479 g/mol. The van der Waals surface area contributed by atoms with Gasteiger partial charge in [-0.25, -0.2) is 19.2 Å². The van der Waals surface area contributed by atoms with Crippen LogP contribution in [0.15, 0.2) is 35.1 Å². The summed E-state index contributed by atoms with van der Waals surface area (Å²) in [7, 11) is 0. The molecule has 0 spiro atoms. The molecule has 4 atom stereocenters. The van der Waals surface area contributed by atoms with E-state index in [2.05, 4.69) is 16.1 Å². The van der Waals surface area contributed by atoms with Crippen LogP contribution in [-0.4, -0.2) is 42.4 Å². The summed E-state index contributed by atoms with van der Waals surface area (Å²) in [5, 5.41) is 7.74. The molecule has 0 aromatic carbocycles. The number of fused-ring (bicyclic) bond motifs is 1. The summed E-state index contributed by atoms with van der Waals surface area (Å²) in [6.45, 7) is 4.37. The van der Waals surface area contributed by atoms with Crippen LogP contribution in [0.4, 0.5) is 22.0 Å². The van der Waals surface area contributed by atoms with Gasteiger partial charge < -0.3 is 5.32 Å². The molecule has 2 aliphatic heterocycles. The van der Waals surface area contributed by atoms with Crippen LogP contribution in [0.2, 0.25) is 0 Å². The number of unbranched alkanes of at least 4 members (excludes halogenated alkanes) is 1. The number of halogens is 5. The molecule has 0 aromatic rings. The fraction of sp³-hybridized carbons (Fsp3) is 0.696. The first-order valence-electron chi connectivity index (χ1n) is 11.5. The molecular weight excluding hydrogens is 443 g/mol. The highest BCUT2D eigenvalue weighted by Crippen LogP contribution is 2.28. The Morgan fingerprint density at radius 1 is 1.27 bits per heavy atom. The van der Waals surface area contributed by atoms with Gasteiger partial charge in [0.25, 0.3) is 5.91 Å². The van der Waals surface area contributed by atoms with E-state index in [1.54, 1.807) is 6.92 Å². The molecule has 4 unspecified atom stereocenters. The lowest BCUT2D eigenvalue weighted by molar-refractivity contribution is -0.135. The molecule has 33 heavy (non-hydrogen) atoms. The predicted octanol–water partition coefficient (Wildman–Crippen LogP) is 5.15. The van der Waals surface area contributed by atoms with Gasteiger partial charge in [-0.15, -0.1) is 0 Å². The van der Waals surface area contributed by atoms with Crippen molar-refractivity contribution in [2.24, 2.45) is 5.92 Å². The number of carbonyl (C=O) groups excluding carboxylic acids is 1. The first-order chi connectivity index (χ1) is 15.6. The maximum atomic E-state index is 14.1. The highest BCUT2D eigenvalue weighted by atomic mass is 19.4. The molecule has 0 radical (unpaired) electrons. The van der Waals surface area contributed by atoms with Crippen molar-refractivity contribution in [1.29, 1.82) is 0 Å². The van der Waals surface area contributed by atoms with Crippen molar-refractivity contribution in [3.8, 4) is 0 Å². The van der Waals surface area contributed by atoms with Crippen molar-refractivity contribution < 1.29 is 26.7 Å². The quantitative estimate of drug-likeness (QED) is 0.268. The highest BCUT2D eigenvalue weighted by Gasteiger charge is 2.42. The van der Waals surface area contributed by atoms with Crippen molar-refractivity contribution in [2.45, 2.75) is 90.5 Å². The molecule has 0 bridgehead atoms. The summed E-state index contributed by atoms with van der Waals surface area (Å²) in [6, 6.07) is 0. The van der Waals surface area contributed by atoms with E-state index in [0.717, 1.165) is 18.4 Å². The van der Waals surface area contributed by atoms with Gasteiger partial charge in [0, 0.05) is 23.6 Å². The summed E-state index contributed by atoms with van der Waals surface area (Å²) in [5.41, 5.74) is 5.12. The Kier molecular flexibility index (Phi) is 10.3. The zero-order valence-corrected chi connectivity index (χ0v) is 19.4. The first kappa shape index (κ1) is 27.3. The largest absolute Gasteiger partial charge is 0.389 e. The van der Waals surface area contributed by atoms with E-state index in [1.165, 1.54) is 24.1 Å². The van der Waals surface area contributed by atoms with E-state index in [4.69, 9.17) is 0 Å². The van der Waals surface area contributed by atoms with Gasteiger partial charge in [-0.3, -0.25) is 10.1 Å². The van der Waals surface area contributed by atoms with Gasteiger partial charge in [0.1, 0.15) is 12.8 Å². The third-order valence-electron chi connectivity index (χ3n) is 5.92. The summed E-state index contributed by atoms with van der Waals surface area (Å²) < 4.78 is 64.2. The minimum atomic E-state index is -4.16. The van der Waals surface area contributed by atoms with E-state index in [-0.39, 0.29) is 12.3 Å². The molecule has 1 fully saturated rings. The number of hydrazine groups is 1. The summed E-state index contributed by atoms with van der Waals surface area (Å²) >= 11 is 0. The normalized spacial score (nSPS) is 23.8. The number of nitrogens with one attached hydrogen (secondary N) is 3. The van der Waals surface area contributed by atoms with Gasteiger partial charge in [0.15, 0.2) is 6.29 Å². The van der Waals surface area contributed by atoms with Gasteiger partial charge in [0.2, 0.25) is 0 Å². The third-order valence-corrected chi connectivity index (χ3v) is 5.92. The topological polar surface area (TPSA) is 56.4 Å². The van der Waals surface area contributed by atoms with Gasteiger partial charge in [-0.2, -0.15) is 13.2 Å². The van der Waals surface area contributed by atoms with Gasteiger partial charge in [0.05, 0.1) is 6.17 Å². The maximum Gasteiger partial charge on any atom is 0.389 e. The number of hydrogen-bond donors (Lipinski definition) is 3. The monoisotopic (exact) mass is 478 g/mol. The van der Waals surface area contributed by atoms with Crippen molar-refractivity contribution in [3.63, 3.8) is 0 Å². The predicted molar refractivity (Wildman–Crippen MR) is 118 cm³/mol.